The second-order valence-corrected chi connectivity index (χ2v) is 8.96. The molecule has 0 saturated heterocycles. The van der Waals surface area contributed by atoms with Gasteiger partial charge in [0.1, 0.15) is 31.4 Å². The lowest BCUT2D eigenvalue weighted by Gasteiger charge is -2.29. The van der Waals surface area contributed by atoms with Crippen molar-refractivity contribution in [3.05, 3.63) is 28.8 Å². The Morgan fingerprint density at radius 2 is 2.00 bits per heavy atom. The van der Waals surface area contributed by atoms with Gasteiger partial charge in [-0.15, -0.1) is 0 Å². The predicted octanol–water partition coefficient (Wildman–Crippen LogP) is 0.469. The standard InChI is InChI=1S/C24H32FN3O7/c1-3-13(2)20(27-19(30)12-35-7-6-25)22(31)26-17-5-4-15-8-14(11-29)9-16-10-18(24(33)34)28(21(15)16)23(17)32/h8-9,13,17-18,20,29H,3-7,10-12H2,1-2H3,(H,26,31)(H,27,30)(H,33,34)/t13-,17-,18-,20-/m0/s1. The van der Waals surface area contributed by atoms with Gasteiger partial charge in [0.05, 0.1) is 18.9 Å². The molecule has 0 radical (unpaired) electrons. The Hall–Kier alpha value is -3.05. The van der Waals surface area contributed by atoms with Crippen molar-refractivity contribution in [2.75, 3.05) is 24.8 Å². The van der Waals surface area contributed by atoms with Crippen molar-refractivity contribution >= 4 is 29.4 Å². The van der Waals surface area contributed by atoms with Gasteiger partial charge in [-0.2, -0.15) is 0 Å². The lowest BCUT2D eigenvalue weighted by atomic mass is 9.96. The Labute approximate surface area is 202 Å². The number of rotatable bonds is 11. The van der Waals surface area contributed by atoms with Crippen LogP contribution in [0.4, 0.5) is 10.1 Å². The summed E-state index contributed by atoms with van der Waals surface area (Å²) in [6, 6.07) is 0.408. The number of hydrogen-bond donors (Lipinski definition) is 4. The number of amides is 3. The SMILES string of the molecule is CC[C@H](C)[C@H](NC(=O)COCCF)C(=O)N[C@H]1CCc2cc(CO)cc3c2N(C1=O)[C@H](C(=O)O)C3. The van der Waals surface area contributed by atoms with Gasteiger partial charge in [0.15, 0.2) is 0 Å². The molecular formula is C24H32FN3O7. The lowest BCUT2D eigenvalue weighted by molar-refractivity contribution is -0.140. The van der Waals surface area contributed by atoms with Crippen LogP contribution in [0.25, 0.3) is 0 Å². The Kier molecular flexibility index (Phi) is 8.79. The molecule has 3 rings (SSSR count). The maximum absolute atomic E-state index is 13.5. The molecule has 0 unspecified atom stereocenters. The summed E-state index contributed by atoms with van der Waals surface area (Å²) in [5.41, 5.74) is 2.59. The monoisotopic (exact) mass is 493 g/mol. The van der Waals surface area contributed by atoms with Crippen molar-refractivity contribution in [2.45, 2.75) is 64.3 Å². The molecule has 35 heavy (non-hydrogen) atoms. The first-order valence-electron chi connectivity index (χ1n) is 11.8. The molecule has 2 heterocycles. The number of carboxylic acids is 1. The van der Waals surface area contributed by atoms with Crippen LogP contribution in [-0.4, -0.2) is 71.9 Å². The number of benzene rings is 1. The number of carbonyl (C=O) groups is 4. The number of alkyl halides is 1. The van der Waals surface area contributed by atoms with E-state index in [-0.39, 0.29) is 32.0 Å². The summed E-state index contributed by atoms with van der Waals surface area (Å²) in [7, 11) is 0. The summed E-state index contributed by atoms with van der Waals surface area (Å²) in [6.07, 6.45) is 1.30. The molecule has 0 aliphatic carbocycles. The van der Waals surface area contributed by atoms with E-state index in [0.29, 0.717) is 29.7 Å². The van der Waals surface area contributed by atoms with Crippen molar-refractivity contribution in [3.8, 4) is 0 Å². The number of carboxylic acid groups (broad SMARTS) is 1. The molecule has 0 spiro atoms. The van der Waals surface area contributed by atoms with E-state index in [2.05, 4.69) is 10.6 Å². The largest absolute Gasteiger partial charge is 0.480 e. The fourth-order valence-corrected chi connectivity index (χ4v) is 4.62. The average molecular weight is 494 g/mol. The summed E-state index contributed by atoms with van der Waals surface area (Å²) < 4.78 is 17.1. The van der Waals surface area contributed by atoms with Gasteiger partial charge >= 0.3 is 5.97 Å². The van der Waals surface area contributed by atoms with Crippen LogP contribution < -0.4 is 15.5 Å². The molecule has 2 aliphatic heterocycles. The highest BCUT2D eigenvalue weighted by Gasteiger charge is 2.44. The maximum Gasteiger partial charge on any atom is 0.327 e. The van der Waals surface area contributed by atoms with Crippen molar-refractivity contribution < 1.29 is 38.5 Å². The van der Waals surface area contributed by atoms with Crippen LogP contribution in [0.2, 0.25) is 0 Å². The van der Waals surface area contributed by atoms with Crippen molar-refractivity contribution in [1.29, 1.82) is 0 Å². The fraction of sp³-hybridized carbons (Fsp3) is 0.583. The highest BCUT2D eigenvalue weighted by Crippen LogP contribution is 2.40. The zero-order valence-electron chi connectivity index (χ0n) is 19.9. The Morgan fingerprint density at radius 3 is 2.63 bits per heavy atom. The van der Waals surface area contributed by atoms with Crippen molar-refractivity contribution in [3.63, 3.8) is 0 Å². The number of nitrogens with one attached hydrogen (secondary N) is 2. The third kappa shape index (κ3) is 5.79. The van der Waals surface area contributed by atoms with Gasteiger partial charge in [-0.1, -0.05) is 32.4 Å². The summed E-state index contributed by atoms with van der Waals surface area (Å²) in [4.78, 5) is 52.1. The van der Waals surface area contributed by atoms with Gasteiger partial charge < -0.3 is 25.6 Å². The number of nitrogens with zero attached hydrogens (tertiary/aromatic N) is 1. The van der Waals surface area contributed by atoms with Gasteiger partial charge in [-0.05, 0) is 35.4 Å². The van der Waals surface area contributed by atoms with Gasteiger partial charge in [0, 0.05) is 6.42 Å². The molecule has 0 bridgehead atoms. The van der Waals surface area contributed by atoms with E-state index in [0.717, 1.165) is 5.56 Å². The number of aliphatic hydroxyl groups excluding tert-OH is 1. The van der Waals surface area contributed by atoms with Crippen LogP contribution in [0.15, 0.2) is 12.1 Å². The second kappa shape index (κ2) is 11.6. The first-order chi connectivity index (χ1) is 16.7. The van der Waals surface area contributed by atoms with E-state index in [9.17, 15) is 33.8 Å². The van der Waals surface area contributed by atoms with Crippen LogP contribution in [0.5, 0.6) is 0 Å². The van der Waals surface area contributed by atoms with Gasteiger partial charge in [0.25, 0.3) is 0 Å². The van der Waals surface area contributed by atoms with E-state index in [1.807, 2.05) is 6.92 Å². The van der Waals surface area contributed by atoms with E-state index in [1.165, 1.54) is 4.90 Å². The first kappa shape index (κ1) is 26.6. The average Bonchev–Trinajstić information content (AvgIpc) is 3.17. The Balaban J connectivity index is 1.82. The number of aryl methyl sites for hydroxylation is 1. The Morgan fingerprint density at radius 1 is 1.29 bits per heavy atom. The smallest absolute Gasteiger partial charge is 0.327 e. The molecule has 1 aromatic rings. The summed E-state index contributed by atoms with van der Waals surface area (Å²) in [5, 5.41) is 24.7. The van der Waals surface area contributed by atoms with E-state index in [1.54, 1.807) is 19.1 Å². The maximum atomic E-state index is 13.5. The zero-order chi connectivity index (χ0) is 25.7. The van der Waals surface area contributed by atoms with Gasteiger partial charge in [-0.3, -0.25) is 19.3 Å². The lowest BCUT2D eigenvalue weighted by Crippen LogP contribution is -2.57. The van der Waals surface area contributed by atoms with E-state index >= 15 is 0 Å². The normalized spacial score (nSPS) is 20.6. The third-order valence-electron chi connectivity index (χ3n) is 6.58. The first-order valence-corrected chi connectivity index (χ1v) is 11.8. The number of anilines is 1. The minimum absolute atomic E-state index is 0.113. The van der Waals surface area contributed by atoms with Crippen LogP contribution in [0.1, 0.15) is 43.4 Å². The molecular weight excluding hydrogens is 461 g/mol. The van der Waals surface area contributed by atoms with Crippen molar-refractivity contribution in [1.82, 2.24) is 10.6 Å². The minimum atomic E-state index is -1.16. The quantitative estimate of drug-likeness (QED) is 0.328. The number of carbonyl (C=O) groups excluding carboxylic acids is 3. The fourth-order valence-electron chi connectivity index (χ4n) is 4.62. The predicted molar refractivity (Wildman–Crippen MR) is 123 cm³/mol. The van der Waals surface area contributed by atoms with Gasteiger partial charge in [0.2, 0.25) is 17.7 Å². The molecule has 10 nitrogen and oxygen atoms in total. The number of aliphatic carboxylic acids is 1. The van der Waals surface area contributed by atoms with Crippen LogP contribution in [0.3, 0.4) is 0 Å². The summed E-state index contributed by atoms with van der Waals surface area (Å²) in [6.45, 7) is 2.06. The number of halogens is 1. The summed E-state index contributed by atoms with van der Waals surface area (Å²) >= 11 is 0. The topological polar surface area (TPSA) is 145 Å². The molecule has 2 aliphatic rings. The molecule has 0 aromatic heterocycles. The molecule has 3 amide bonds. The second-order valence-electron chi connectivity index (χ2n) is 8.96. The molecule has 0 saturated carbocycles. The van der Waals surface area contributed by atoms with Crippen LogP contribution >= 0.6 is 0 Å². The molecule has 1 aromatic carbocycles. The van der Waals surface area contributed by atoms with Crippen LogP contribution in [0, 0.1) is 5.92 Å². The summed E-state index contributed by atoms with van der Waals surface area (Å²) in [5.74, 6) is -3.10. The van der Waals surface area contributed by atoms with E-state index in [4.69, 9.17) is 4.74 Å². The molecule has 4 N–H and O–H groups in total. The van der Waals surface area contributed by atoms with Gasteiger partial charge in [-0.25, -0.2) is 9.18 Å². The number of aliphatic hydroxyl groups is 1. The van der Waals surface area contributed by atoms with Crippen LogP contribution in [-0.2, 0) is 43.4 Å². The molecule has 0 fully saturated rings. The Bertz CT molecular complexity index is 986. The molecule has 192 valence electrons. The minimum Gasteiger partial charge on any atom is -0.480 e. The van der Waals surface area contributed by atoms with Crippen molar-refractivity contribution in [2.24, 2.45) is 5.92 Å². The van der Waals surface area contributed by atoms with E-state index < -0.39 is 55.1 Å². The highest BCUT2D eigenvalue weighted by molar-refractivity contribution is 6.07. The number of hydrogen-bond acceptors (Lipinski definition) is 6. The number of ether oxygens (including phenoxy) is 1. The highest BCUT2D eigenvalue weighted by atomic mass is 19.1. The molecule has 11 heteroatoms. The zero-order valence-corrected chi connectivity index (χ0v) is 19.9. The molecule has 4 atom stereocenters. The third-order valence-corrected chi connectivity index (χ3v) is 6.58.